The highest BCUT2D eigenvalue weighted by Gasteiger charge is 2.18. The first-order chi connectivity index (χ1) is 17.9. The van der Waals surface area contributed by atoms with Crippen molar-refractivity contribution < 1.29 is 9.66 Å². The fourth-order valence-corrected chi connectivity index (χ4v) is 5.37. The summed E-state index contributed by atoms with van der Waals surface area (Å²) >= 11 is 5.12. The van der Waals surface area contributed by atoms with Crippen LogP contribution in [-0.2, 0) is 13.0 Å². The van der Waals surface area contributed by atoms with Crippen LogP contribution in [0.3, 0.4) is 0 Å². The number of hydrogen-bond donors (Lipinski definition) is 0. The van der Waals surface area contributed by atoms with Crippen molar-refractivity contribution in [1.82, 2.24) is 9.55 Å². The second kappa shape index (κ2) is 11.7. The van der Waals surface area contributed by atoms with Crippen molar-refractivity contribution in [2.24, 2.45) is 0 Å². The molecule has 37 heavy (non-hydrogen) atoms. The molecule has 0 aliphatic rings. The Morgan fingerprint density at radius 1 is 1.05 bits per heavy atom. The van der Waals surface area contributed by atoms with Gasteiger partial charge in [-0.1, -0.05) is 41.9 Å². The largest absolute Gasteiger partial charge is 0.497 e. The third-order valence-corrected chi connectivity index (χ3v) is 7.55. The first-order valence-corrected chi connectivity index (χ1v) is 13.7. The van der Waals surface area contributed by atoms with Crippen molar-refractivity contribution in [2.75, 3.05) is 7.11 Å². The number of halogens is 1. The maximum atomic E-state index is 11.0. The Bertz CT molecular complexity index is 1520. The summed E-state index contributed by atoms with van der Waals surface area (Å²) in [7, 11) is 1.68. The number of nitro groups is 1. The highest BCUT2D eigenvalue weighted by Crippen LogP contribution is 2.33. The SMILES string of the molecule is CC.COc1ccc2c(c1)c(Cc1nc(-c3ccc([N+](=O)[O-])cc3)cs1)c(C)n2Cc1ccc(Br)cc1. The smallest absolute Gasteiger partial charge is 0.269 e. The zero-order chi connectivity index (χ0) is 26.5. The normalized spacial score (nSPS) is 10.7. The number of benzene rings is 3. The van der Waals surface area contributed by atoms with Crippen LogP contribution in [0.4, 0.5) is 5.69 Å². The van der Waals surface area contributed by atoms with E-state index in [1.165, 1.54) is 29.0 Å². The quantitative estimate of drug-likeness (QED) is 0.144. The zero-order valence-corrected chi connectivity index (χ0v) is 23.6. The van der Waals surface area contributed by atoms with Gasteiger partial charge in [0, 0.05) is 57.1 Å². The van der Waals surface area contributed by atoms with E-state index < -0.39 is 4.92 Å². The van der Waals surface area contributed by atoms with Gasteiger partial charge in [-0.25, -0.2) is 4.98 Å². The lowest BCUT2D eigenvalue weighted by atomic mass is 10.1. The van der Waals surface area contributed by atoms with Crippen molar-refractivity contribution in [2.45, 2.75) is 33.7 Å². The zero-order valence-electron chi connectivity index (χ0n) is 21.2. The molecule has 0 aliphatic carbocycles. The van der Waals surface area contributed by atoms with Gasteiger partial charge < -0.3 is 9.30 Å². The number of hydrogen-bond acceptors (Lipinski definition) is 5. The third-order valence-electron chi connectivity index (χ3n) is 6.17. The van der Waals surface area contributed by atoms with Gasteiger partial charge in [0.15, 0.2) is 0 Å². The van der Waals surface area contributed by atoms with Crippen LogP contribution in [0.25, 0.3) is 22.2 Å². The number of nitro benzene ring substituents is 1. The second-order valence-electron chi connectivity index (χ2n) is 8.27. The molecule has 0 bridgehead atoms. The van der Waals surface area contributed by atoms with E-state index in [1.54, 1.807) is 30.6 Å². The average molecular weight is 579 g/mol. The van der Waals surface area contributed by atoms with Crippen molar-refractivity contribution >= 4 is 43.9 Å². The van der Waals surface area contributed by atoms with E-state index in [-0.39, 0.29) is 5.69 Å². The van der Waals surface area contributed by atoms with Crippen molar-refractivity contribution in [3.63, 3.8) is 0 Å². The van der Waals surface area contributed by atoms with Crippen molar-refractivity contribution in [1.29, 1.82) is 0 Å². The summed E-state index contributed by atoms with van der Waals surface area (Å²) in [5.41, 5.74) is 6.58. The summed E-state index contributed by atoms with van der Waals surface area (Å²) in [5.74, 6) is 0.824. The molecule has 2 aromatic heterocycles. The minimum atomic E-state index is -0.392. The van der Waals surface area contributed by atoms with Gasteiger partial charge in [-0.3, -0.25) is 10.1 Å². The van der Waals surface area contributed by atoms with E-state index in [9.17, 15) is 10.1 Å². The van der Waals surface area contributed by atoms with Crippen LogP contribution < -0.4 is 4.74 Å². The Balaban J connectivity index is 0.00000156. The highest BCUT2D eigenvalue weighted by molar-refractivity contribution is 9.10. The minimum absolute atomic E-state index is 0.0763. The molecular weight excluding hydrogens is 550 g/mol. The number of ether oxygens (including phenoxy) is 1. The van der Waals surface area contributed by atoms with E-state index in [2.05, 4.69) is 63.8 Å². The number of non-ortho nitro benzene ring substituents is 1. The standard InChI is InChI=1S/C27H22BrN3O3S.C2H6/c1-17-23(14-27-29-25(16-35-27)19-5-9-21(10-6-19)31(32)33)24-13-22(34-2)11-12-26(24)30(17)15-18-3-7-20(28)8-4-18;1-2/h3-13,16H,14-15H2,1-2H3;1-2H3. The van der Waals surface area contributed by atoms with Crippen LogP contribution in [0.15, 0.2) is 76.6 Å². The number of nitrogens with zero attached hydrogens (tertiary/aromatic N) is 3. The van der Waals surface area contributed by atoms with Crippen LogP contribution in [-0.4, -0.2) is 21.6 Å². The highest BCUT2D eigenvalue weighted by atomic mass is 79.9. The molecule has 0 N–H and O–H groups in total. The summed E-state index contributed by atoms with van der Waals surface area (Å²) < 4.78 is 8.93. The van der Waals surface area contributed by atoms with Gasteiger partial charge >= 0.3 is 0 Å². The molecule has 6 nitrogen and oxygen atoms in total. The summed E-state index contributed by atoms with van der Waals surface area (Å²) in [5, 5.41) is 15.1. The van der Waals surface area contributed by atoms with E-state index >= 15 is 0 Å². The number of aromatic nitrogens is 2. The predicted molar refractivity (Wildman–Crippen MR) is 155 cm³/mol. The molecule has 190 valence electrons. The van der Waals surface area contributed by atoms with Crippen LogP contribution >= 0.6 is 27.3 Å². The number of rotatable bonds is 7. The Morgan fingerprint density at radius 3 is 2.41 bits per heavy atom. The summed E-state index contributed by atoms with van der Waals surface area (Å²) in [6.07, 6.45) is 0.695. The van der Waals surface area contributed by atoms with Crippen molar-refractivity contribution in [3.8, 4) is 17.0 Å². The van der Waals surface area contributed by atoms with Crippen LogP contribution in [0.1, 0.15) is 35.7 Å². The fraction of sp³-hybridized carbons (Fsp3) is 0.207. The molecule has 8 heteroatoms. The van der Waals surface area contributed by atoms with Gasteiger partial charge in [0.05, 0.1) is 22.7 Å². The van der Waals surface area contributed by atoms with Crippen LogP contribution in [0.5, 0.6) is 5.75 Å². The maximum Gasteiger partial charge on any atom is 0.269 e. The summed E-state index contributed by atoms with van der Waals surface area (Å²) in [4.78, 5) is 15.4. The maximum absolute atomic E-state index is 11.0. The predicted octanol–water partition coefficient (Wildman–Crippen LogP) is 8.42. The van der Waals surface area contributed by atoms with E-state index in [4.69, 9.17) is 9.72 Å². The Morgan fingerprint density at radius 2 is 1.76 bits per heavy atom. The molecule has 2 heterocycles. The van der Waals surface area contributed by atoms with Gasteiger partial charge in [-0.15, -0.1) is 11.3 Å². The molecule has 0 aliphatic heterocycles. The second-order valence-corrected chi connectivity index (χ2v) is 10.1. The average Bonchev–Trinajstić information content (AvgIpc) is 3.50. The molecule has 0 radical (unpaired) electrons. The van der Waals surface area contributed by atoms with Gasteiger partial charge in [0.1, 0.15) is 5.75 Å². The number of methoxy groups -OCH3 is 1. The van der Waals surface area contributed by atoms with Crippen LogP contribution in [0.2, 0.25) is 0 Å². The first-order valence-electron chi connectivity index (χ1n) is 12.0. The molecule has 0 saturated carbocycles. The van der Waals surface area contributed by atoms with E-state index in [1.807, 2.05) is 25.3 Å². The Kier molecular flexibility index (Phi) is 8.41. The van der Waals surface area contributed by atoms with E-state index in [0.29, 0.717) is 6.42 Å². The monoisotopic (exact) mass is 577 g/mol. The molecule has 5 rings (SSSR count). The fourth-order valence-electron chi connectivity index (χ4n) is 4.29. The lowest BCUT2D eigenvalue weighted by molar-refractivity contribution is -0.384. The summed E-state index contributed by atoms with van der Waals surface area (Å²) in [6.45, 7) is 6.93. The molecule has 0 spiro atoms. The Hall–Kier alpha value is -3.49. The Labute approximate surface area is 228 Å². The lowest BCUT2D eigenvalue weighted by Gasteiger charge is -2.09. The number of fused-ring (bicyclic) bond motifs is 1. The molecule has 5 aromatic rings. The van der Waals surface area contributed by atoms with Gasteiger partial charge in [0.2, 0.25) is 0 Å². The van der Waals surface area contributed by atoms with Gasteiger partial charge in [0.25, 0.3) is 5.69 Å². The molecule has 0 atom stereocenters. The molecule has 3 aromatic carbocycles. The molecular formula is C29H28BrN3O3S. The van der Waals surface area contributed by atoms with Crippen LogP contribution in [0, 0.1) is 17.0 Å². The third kappa shape index (κ3) is 5.76. The van der Waals surface area contributed by atoms with Crippen molar-refractivity contribution in [3.05, 3.63) is 109 Å². The van der Waals surface area contributed by atoms with Gasteiger partial charge in [-0.05, 0) is 60.5 Å². The lowest BCUT2D eigenvalue weighted by Crippen LogP contribution is -2.02. The molecule has 0 unspecified atom stereocenters. The summed E-state index contributed by atoms with van der Waals surface area (Å²) in [6, 6.07) is 21.1. The molecule has 0 fully saturated rings. The molecule has 0 amide bonds. The topological polar surface area (TPSA) is 70.2 Å². The first kappa shape index (κ1) is 26.6. The van der Waals surface area contributed by atoms with E-state index in [0.717, 1.165) is 43.9 Å². The molecule has 0 saturated heterocycles. The minimum Gasteiger partial charge on any atom is -0.497 e. The van der Waals surface area contributed by atoms with Gasteiger partial charge in [-0.2, -0.15) is 0 Å². The number of thiazole rings is 1.